The van der Waals surface area contributed by atoms with Gasteiger partial charge in [-0.25, -0.2) is 4.98 Å². The molecule has 6 nitrogen and oxygen atoms in total. The van der Waals surface area contributed by atoms with E-state index in [4.69, 9.17) is 5.73 Å². The molecule has 6 heteroatoms. The second kappa shape index (κ2) is 6.18. The fourth-order valence-electron chi connectivity index (χ4n) is 1.77. The molecule has 20 heavy (non-hydrogen) atoms. The van der Waals surface area contributed by atoms with Gasteiger partial charge in [0.25, 0.3) is 5.91 Å². The molecule has 0 aliphatic rings. The summed E-state index contributed by atoms with van der Waals surface area (Å²) < 4.78 is 0. The lowest BCUT2D eigenvalue weighted by molar-refractivity contribution is 0.0950. The molecule has 2 aromatic rings. The molecule has 0 fully saturated rings. The average Bonchev–Trinajstić information content (AvgIpc) is 2.83. The summed E-state index contributed by atoms with van der Waals surface area (Å²) in [7, 11) is 0. The van der Waals surface area contributed by atoms with Crippen LogP contribution in [-0.2, 0) is 13.0 Å². The Morgan fingerprint density at radius 2 is 2.05 bits per heavy atom. The topological polar surface area (TPSA) is 96.7 Å². The molecule has 1 amide bonds. The van der Waals surface area contributed by atoms with Gasteiger partial charge in [-0.3, -0.25) is 9.89 Å². The first-order valence-electron chi connectivity index (χ1n) is 6.58. The predicted octanol–water partition coefficient (Wildman–Crippen LogP) is 1.52. The number of anilines is 1. The van der Waals surface area contributed by atoms with Gasteiger partial charge in [-0.05, 0) is 30.2 Å². The van der Waals surface area contributed by atoms with E-state index in [0.717, 1.165) is 12.2 Å². The first-order valence-corrected chi connectivity index (χ1v) is 6.58. The van der Waals surface area contributed by atoms with Crippen LogP contribution in [0.3, 0.4) is 0 Å². The van der Waals surface area contributed by atoms with E-state index in [9.17, 15) is 4.79 Å². The number of nitrogen functional groups attached to an aromatic ring is 1. The van der Waals surface area contributed by atoms with E-state index in [2.05, 4.69) is 34.3 Å². The van der Waals surface area contributed by atoms with Crippen LogP contribution >= 0.6 is 0 Å². The molecule has 0 unspecified atom stereocenters. The second-order valence-corrected chi connectivity index (χ2v) is 5.10. The monoisotopic (exact) mass is 273 g/mol. The maximum Gasteiger partial charge on any atom is 0.251 e. The maximum atomic E-state index is 11.9. The van der Waals surface area contributed by atoms with Crippen molar-refractivity contribution in [2.24, 2.45) is 5.92 Å². The van der Waals surface area contributed by atoms with Crippen LogP contribution in [0.5, 0.6) is 0 Å². The number of H-pyrrole nitrogens is 1. The summed E-state index contributed by atoms with van der Waals surface area (Å²) in [5, 5.41) is 9.73. The van der Waals surface area contributed by atoms with Gasteiger partial charge in [-0.15, -0.1) is 0 Å². The first-order chi connectivity index (χ1) is 9.54. The van der Waals surface area contributed by atoms with Gasteiger partial charge in [0.2, 0.25) is 0 Å². The SMILES string of the molecule is CC(C)Cc1n[nH]c(CNC(=O)c2ccc(N)cc2)n1. The van der Waals surface area contributed by atoms with E-state index < -0.39 is 0 Å². The zero-order chi connectivity index (χ0) is 14.5. The van der Waals surface area contributed by atoms with Crippen molar-refractivity contribution < 1.29 is 4.79 Å². The number of carbonyl (C=O) groups is 1. The van der Waals surface area contributed by atoms with Crippen molar-refractivity contribution in [3.63, 3.8) is 0 Å². The van der Waals surface area contributed by atoms with Crippen LogP contribution < -0.4 is 11.1 Å². The third kappa shape index (κ3) is 3.81. The number of nitrogens with two attached hydrogens (primary N) is 1. The summed E-state index contributed by atoms with van der Waals surface area (Å²) in [4.78, 5) is 16.2. The number of nitrogens with zero attached hydrogens (tertiary/aromatic N) is 2. The zero-order valence-electron chi connectivity index (χ0n) is 11.7. The number of aromatic nitrogens is 3. The van der Waals surface area contributed by atoms with Crippen molar-refractivity contribution in [2.75, 3.05) is 5.73 Å². The molecule has 106 valence electrons. The number of hydrogen-bond donors (Lipinski definition) is 3. The third-order valence-electron chi connectivity index (χ3n) is 2.76. The molecule has 0 spiro atoms. The summed E-state index contributed by atoms with van der Waals surface area (Å²) in [5.74, 6) is 1.77. The number of nitrogens with one attached hydrogen (secondary N) is 2. The van der Waals surface area contributed by atoms with Crippen LogP contribution in [0.1, 0.15) is 35.9 Å². The lowest BCUT2D eigenvalue weighted by Crippen LogP contribution is -2.23. The summed E-state index contributed by atoms with van der Waals surface area (Å²) >= 11 is 0. The molecule has 0 aliphatic carbocycles. The molecule has 2 rings (SSSR count). The van der Waals surface area contributed by atoms with Crippen LogP contribution in [0.15, 0.2) is 24.3 Å². The number of aromatic amines is 1. The van der Waals surface area contributed by atoms with Crippen molar-refractivity contribution in [1.82, 2.24) is 20.5 Å². The molecular weight excluding hydrogens is 254 g/mol. The molecule has 0 saturated carbocycles. The molecule has 1 aromatic carbocycles. The van der Waals surface area contributed by atoms with Crippen LogP contribution in [0.25, 0.3) is 0 Å². The van der Waals surface area contributed by atoms with E-state index in [1.165, 1.54) is 0 Å². The molecular formula is C14H19N5O. The van der Waals surface area contributed by atoms with Gasteiger partial charge in [0.1, 0.15) is 5.82 Å². The zero-order valence-corrected chi connectivity index (χ0v) is 11.7. The average molecular weight is 273 g/mol. The standard InChI is InChI=1S/C14H19N5O/c1-9(2)7-12-17-13(19-18-12)8-16-14(20)10-3-5-11(15)6-4-10/h3-6,9H,7-8,15H2,1-2H3,(H,16,20)(H,17,18,19). The van der Waals surface area contributed by atoms with E-state index in [1.807, 2.05) is 0 Å². The fourth-order valence-corrected chi connectivity index (χ4v) is 1.77. The quantitative estimate of drug-likeness (QED) is 0.719. The molecule has 1 aromatic heterocycles. The Labute approximate surface area is 117 Å². The van der Waals surface area contributed by atoms with E-state index >= 15 is 0 Å². The summed E-state index contributed by atoms with van der Waals surface area (Å²) in [6, 6.07) is 6.78. The number of carbonyl (C=O) groups excluding carboxylic acids is 1. The Kier molecular flexibility index (Phi) is 4.34. The van der Waals surface area contributed by atoms with Crippen LogP contribution in [0.4, 0.5) is 5.69 Å². The van der Waals surface area contributed by atoms with E-state index in [-0.39, 0.29) is 5.91 Å². The minimum absolute atomic E-state index is 0.160. The lowest BCUT2D eigenvalue weighted by Gasteiger charge is -2.03. The van der Waals surface area contributed by atoms with Crippen molar-refractivity contribution >= 4 is 11.6 Å². The first kappa shape index (κ1) is 14.0. The van der Waals surface area contributed by atoms with Gasteiger partial charge < -0.3 is 11.1 Å². The Morgan fingerprint density at radius 3 is 2.70 bits per heavy atom. The normalized spacial score (nSPS) is 10.8. The van der Waals surface area contributed by atoms with E-state index in [1.54, 1.807) is 24.3 Å². The van der Waals surface area contributed by atoms with Crippen LogP contribution in [-0.4, -0.2) is 21.1 Å². The highest BCUT2D eigenvalue weighted by Gasteiger charge is 2.08. The number of rotatable bonds is 5. The van der Waals surface area contributed by atoms with Crippen molar-refractivity contribution in [3.05, 3.63) is 41.5 Å². The molecule has 0 saturated heterocycles. The van der Waals surface area contributed by atoms with Crippen LogP contribution in [0.2, 0.25) is 0 Å². The predicted molar refractivity (Wildman–Crippen MR) is 76.9 cm³/mol. The van der Waals surface area contributed by atoms with Gasteiger partial charge in [-0.1, -0.05) is 13.8 Å². The summed E-state index contributed by atoms with van der Waals surface area (Å²) in [6.45, 7) is 4.55. The van der Waals surface area contributed by atoms with Crippen molar-refractivity contribution in [1.29, 1.82) is 0 Å². The Morgan fingerprint density at radius 1 is 1.35 bits per heavy atom. The fraction of sp³-hybridized carbons (Fsp3) is 0.357. The summed E-state index contributed by atoms with van der Waals surface area (Å²) in [6.07, 6.45) is 0.822. The van der Waals surface area contributed by atoms with Gasteiger partial charge in [0.05, 0.1) is 6.54 Å². The molecule has 4 N–H and O–H groups in total. The highest BCUT2D eigenvalue weighted by atomic mass is 16.1. The van der Waals surface area contributed by atoms with Gasteiger partial charge >= 0.3 is 0 Å². The van der Waals surface area contributed by atoms with Gasteiger partial charge in [0, 0.05) is 17.7 Å². The molecule has 0 atom stereocenters. The summed E-state index contributed by atoms with van der Waals surface area (Å²) in [5.41, 5.74) is 6.78. The minimum atomic E-state index is -0.160. The molecule has 0 aliphatic heterocycles. The van der Waals surface area contributed by atoms with Crippen molar-refractivity contribution in [3.8, 4) is 0 Å². The Bertz CT molecular complexity index is 574. The smallest absolute Gasteiger partial charge is 0.251 e. The molecule has 0 bridgehead atoms. The molecule has 0 radical (unpaired) electrons. The minimum Gasteiger partial charge on any atom is -0.399 e. The number of benzene rings is 1. The Balaban J connectivity index is 1.90. The highest BCUT2D eigenvalue weighted by molar-refractivity contribution is 5.94. The molecule has 1 heterocycles. The number of hydrogen-bond acceptors (Lipinski definition) is 4. The lowest BCUT2D eigenvalue weighted by atomic mass is 10.1. The van der Waals surface area contributed by atoms with Gasteiger partial charge in [-0.2, -0.15) is 5.10 Å². The third-order valence-corrected chi connectivity index (χ3v) is 2.76. The highest BCUT2D eigenvalue weighted by Crippen LogP contribution is 2.06. The Hall–Kier alpha value is -2.37. The van der Waals surface area contributed by atoms with Crippen LogP contribution in [0, 0.1) is 5.92 Å². The van der Waals surface area contributed by atoms with E-state index in [0.29, 0.717) is 29.5 Å². The largest absolute Gasteiger partial charge is 0.399 e. The van der Waals surface area contributed by atoms with Gasteiger partial charge in [0.15, 0.2) is 5.82 Å². The number of amides is 1. The second-order valence-electron chi connectivity index (χ2n) is 5.10. The van der Waals surface area contributed by atoms with Crippen molar-refractivity contribution in [2.45, 2.75) is 26.8 Å². The maximum absolute atomic E-state index is 11.9.